The zero-order valence-electron chi connectivity index (χ0n) is 19.9. The molecule has 0 bridgehead atoms. The summed E-state index contributed by atoms with van der Waals surface area (Å²) in [5, 5.41) is 3.57. The summed E-state index contributed by atoms with van der Waals surface area (Å²) in [6, 6.07) is 8.23. The first-order valence-electron chi connectivity index (χ1n) is 11.5. The zero-order valence-corrected chi connectivity index (χ0v) is 19.9. The number of aliphatic imine (C=N–C) groups is 1. The van der Waals surface area contributed by atoms with E-state index in [-0.39, 0.29) is 17.4 Å². The third-order valence-electron chi connectivity index (χ3n) is 6.71. The number of methoxy groups -OCH3 is 1. The molecular formula is C24H39N5O2. The summed E-state index contributed by atoms with van der Waals surface area (Å²) in [6.45, 7) is 12.7. The lowest BCUT2D eigenvalue weighted by Crippen LogP contribution is -2.57. The van der Waals surface area contributed by atoms with Gasteiger partial charge in [-0.1, -0.05) is 26.0 Å². The van der Waals surface area contributed by atoms with Crippen molar-refractivity contribution in [2.45, 2.75) is 45.1 Å². The smallest absolute Gasteiger partial charge is 0.239 e. The molecule has 31 heavy (non-hydrogen) atoms. The highest BCUT2D eigenvalue weighted by Gasteiger charge is 2.31. The van der Waals surface area contributed by atoms with Crippen molar-refractivity contribution in [3.63, 3.8) is 0 Å². The Hall–Kier alpha value is -2.28. The molecule has 2 aliphatic rings. The molecular weight excluding hydrogens is 390 g/mol. The van der Waals surface area contributed by atoms with E-state index in [1.807, 2.05) is 24.1 Å². The fourth-order valence-electron chi connectivity index (χ4n) is 4.46. The van der Waals surface area contributed by atoms with Crippen LogP contribution in [0.15, 0.2) is 29.3 Å². The molecule has 2 saturated heterocycles. The molecule has 2 heterocycles. The van der Waals surface area contributed by atoms with Crippen LogP contribution in [-0.4, -0.2) is 92.6 Å². The van der Waals surface area contributed by atoms with E-state index in [4.69, 9.17) is 4.74 Å². The highest BCUT2D eigenvalue weighted by Crippen LogP contribution is 2.24. The third-order valence-corrected chi connectivity index (χ3v) is 6.71. The fraction of sp³-hybridized carbons (Fsp3) is 0.667. The van der Waals surface area contributed by atoms with Crippen LogP contribution in [0.5, 0.6) is 5.75 Å². The van der Waals surface area contributed by atoms with Crippen LogP contribution in [0.4, 0.5) is 0 Å². The van der Waals surface area contributed by atoms with Crippen LogP contribution in [0.25, 0.3) is 0 Å². The number of ether oxygens (including phenoxy) is 1. The summed E-state index contributed by atoms with van der Waals surface area (Å²) in [6.07, 6.45) is 2.28. The number of amides is 1. The molecule has 1 aromatic rings. The lowest BCUT2D eigenvalue weighted by atomic mass is 9.84. The van der Waals surface area contributed by atoms with Crippen LogP contribution in [0, 0.1) is 0 Å². The van der Waals surface area contributed by atoms with Gasteiger partial charge >= 0.3 is 0 Å². The Kier molecular flexibility index (Phi) is 7.81. The van der Waals surface area contributed by atoms with Crippen molar-refractivity contribution in [2.24, 2.45) is 4.99 Å². The average Bonchev–Trinajstić information content (AvgIpc) is 3.34. The maximum absolute atomic E-state index is 12.7. The molecule has 1 amide bonds. The van der Waals surface area contributed by atoms with Gasteiger partial charge in [-0.3, -0.25) is 14.7 Å². The van der Waals surface area contributed by atoms with E-state index < -0.39 is 0 Å². The van der Waals surface area contributed by atoms with Crippen molar-refractivity contribution >= 4 is 11.9 Å². The number of nitrogens with one attached hydrogen (secondary N) is 1. The van der Waals surface area contributed by atoms with Crippen LogP contribution < -0.4 is 10.1 Å². The van der Waals surface area contributed by atoms with Gasteiger partial charge in [-0.05, 0) is 37.5 Å². The Morgan fingerprint density at radius 1 is 1.06 bits per heavy atom. The van der Waals surface area contributed by atoms with Crippen molar-refractivity contribution in [3.8, 4) is 5.75 Å². The van der Waals surface area contributed by atoms with Crippen molar-refractivity contribution in [2.75, 3.05) is 60.0 Å². The summed E-state index contributed by atoms with van der Waals surface area (Å²) >= 11 is 0. The Morgan fingerprint density at radius 3 is 2.23 bits per heavy atom. The number of carbonyl (C=O) groups is 1. The maximum atomic E-state index is 12.7. The van der Waals surface area contributed by atoms with Crippen molar-refractivity contribution < 1.29 is 9.53 Å². The minimum absolute atomic E-state index is 0.0378. The number of hydrogen-bond donors (Lipinski definition) is 1. The van der Waals surface area contributed by atoms with Gasteiger partial charge in [0.2, 0.25) is 5.91 Å². The van der Waals surface area contributed by atoms with Gasteiger partial charge < -0.3 is 19.9 Å². The van der Waals surface area contributed by atoms with Crippen LogP contribution in [0.2, 0.25) is 0 Å². The van der Waals surface area contributed by atoms with Gasteiger partial charge in [0, 0.05) is 58.3 Å². The fourth-order valence-corrected chi connectivity index (χ4v) is 4.46. The van der Waals surface area contributed by atoms with Crippen LogP contribution >= 0.6 is 0 Å². The molecule has 7 heteroatoms. The first kappa shape index (κ1) is 23.4. The largest absolute Gasteiger partial charge is 0.497 e. The molecule has 1 N–H and O–H groups in total. The Balaban J connectivity index is 1.51. The number of hydrogen-bond acceptors (Lipinski definition) is 4. The van der Waals surface area contributed by atoms with E-state index in [1.165, 1.54) is 5.56 Å². The highest BCUT2D eigenvalue weighted by atomic mass is 16.5. The molecule has 3 rings (SSSR count). The normalized spacial score (nSPS) is 19.5. The molecule has 0 radical (unpaired) electrons. The van der Waals surface area contributed by atoms with Gasteiger partial charge in [0.05, 0.1) is 13.2 Å². The standard InChI is InChI=1S/C24H39N5O2/c1-19(22(30)28-12-6-7-13-28)27-14-16-29(17-15-27)23(25-4)26-18-24(2,3)20-8-10-21(31-5)11-9-20/h8-11,19H,6-7,12-18H2,1-5H3,(H,25,26). The number of benzene rings is 1. The van der Waals surface area contributed by atoms with Crippen LogP contribution in [0.1, 0.15) is 39.2 Å². The van der Waals surface area contributed by atoms with E-state index in [1.54, 1.807) is 7.11 Å². The second-order valence-electron chi connectivity index (χ2n) is 9.24. The number of piperazine rings is 1. The van der Waals surface area contributed by atoms with Crippen molar-refractivity contribution in [1.29, 1.82) is 0 Å². The first-order valence-corrected chi connectivity index (χ1v) is 11.5. The monoisotopic (exact) mass is 429 g/mol. The van der Waals surface area contributed by atoms with E-state index in [9.17, 15) is 4.79 Å². The minimum atomic E-state index is -0.0410. The second-order valence-corrected chi connectivity index (χ2v) is 9.24. The molecule has 1 aromatic carbocycles. The van der Waals surface area contributed by atoms with E-state index >= 15 is 0 Å². The molecule has 2 fully saturated rings. The van der Waals surface area contributed by atoms with E-state index in [0.29, 0.717) is 0 Å². The second kappa shape index (κ2) is 10.4. The predicted molar refractivity (Wildman–Crippen MR) is 126 cm³/mol. The SMILES string of the molecule is CN=C(NCC(C)(C)c1ccc(OC)cc1)N1CCN(C(C)C(=O)N2CCCC2)CC1. The quantitative estimate of drug-likeness (QED) is 0.555. The lowest BCUT2D eigenvalue weighted by Gasteiger charge is -2.40. The summed E-state index contributed by atoms with van der Waals surface area (Å²) < 4.78 is 5.28. The van der Waals surface area contributed by atoms with Crippen molar-refractivity contribution in [3.05, 3.63) is 29.8 Å². The first-order chi connectivity index (χ1) is 14.9. The number of carbonyl (C=O) groups excluding carboxylic acids is 1. The topological polar surface area (TPSA) is 60.4 Å². The van der Waals surface area contributed by atoms with Gasteiger partial charge in [-0.15, -0.1) is 0 Å². The molecule has 7 nitrogen and oxygen atoms in total. The Morgan fingerprint density at radius 2 is 1.68 bits per heavy atom. The molecule has 0 spiro atoms. The molecule has 0 aromatic heterocycles. The average molecular weight is 430 g/mol. The lowest BCUT2D eigenvalue weighted by molar-refractivity contribution is -0.135. The number of guanidine groups is 1. The number of nitrogens with zero attached hydrogens (tertiary/aromatic N) is 4. The molecule has 172 valence electrons. The molecule has 0 saturated carbocycles. The van der Waals surface area contributed by atoms with Crippen LogP contribution in [0.3, 0.4) is 0 Å². The summed E-state index contributed by atoms with van der Waals surface area (Å²) in [7, 11) is 3.53. The maximum Gasteiger partial charge on any atom is 0.239 e. The van der Waals surface area contributed by atoms with Crippen molar-refractivity contribution in [1.82, 2.24) is 20.0 Å². The summed E-state index contributed by atoms with van der Waals surface area (Å²) in [5.41, 5.74) is 1.22. The predicted octanol–water partition coefficient (Wildman–Crippen LogP) is 2.18. The Labute approximate surface area is 187 Å². The van der Waals surface area contributed by atoms with Gasteiger partial charge in [0.15, 0.2) is 5.96 Å². The number of rotatable bonds is 6. The summed E-state index contributed by atoms with van der Waals surface area (Å²) in [5.74, 6) is 2.09. The van der Waals surface area contributed by atoms with E-state index in [2.05, 4.69) is 53.0 Å². The minimum Gasteiger partial charge on any atom is -0.497 e. The van der Waals surface area contributed by atoms with Crippen LogP contribution in [-0.2, 0) is 10.2 Å². The van der Waals surface area contributed by atoms with Gasteiger partial charge in [-0.25, -0.2) is 0 Å². The Bertz CT molecular complexity index is 748. The molecule has 1 unspecified atom stereocenters. The highest BCUT2D eigenvalue weighted by molar-refractivity contribution is 5.82. The zero-order chi connectivity index (χ0) is 22.4. The molecule has 0 aliphatic carbocycles. The number of likely N-dealkylation sites (tertiary alicyclic amines) is 1. The van der Waals surface area contributed by atoms with Gasteiger partial charge in [0.1, 0.15) is 5.75 Å². The molecule has 2 aliphatic heterocycles. The van der Waals surface area contributed by atoms with Gasteiger partial charge in [-0.2, -0.15) is 0 Å². The van der Waals surface area contributed by atoms with Gasteiger partial charge in [0.25, 0.3) is 0 Å². The third kappa shape index (κ3) is 5.70. The molecule has 1 atom stereocenters. The van der Waals surface area contributed by atoms with E-state index in [0.717, 1.165) is 70.4 Å². The summed E-state index contributed by atoms with van der Waals surface area (Å²) in [4.78, 5) is 23.9.